The number of carboxylic acid groups (broad SMARTS) is 1. The summed E-state index contributed by atoms with van der Waals surface area (Å²) >= 11 is 13.9. The van der Waals surface area contributed by atoms with Crippen LogP contribution in [-0.4, -0.2) is 64.4 Å². The summed E-state index contributed by atoms with van der Waals surface area (Å²) in [5, 5.41) is 15.4. The van der Waals surface area contributed by atoms with E-state index in [1.54, 1.807) is 37.6 Å². The van der Waals surface area contributed by atoms with Crippen LogP contribution in [0.15, 0.2) is 46.0 Å². The van der Waals surface area contributed by atoms with E-state index < -0.39 is 48.8 Å². The third-order valence-corrected chi connectivity index (χ3v) is 7.78. The van der Waals surface area contributed by atoms with Crippen LogP contribution in [0.2, 0.25) is 10.0 Å². The molecule has 13 heteroatoms. The van der Waals surface area contributed by atoms with E-state index >= 15 is 0 Å². The third kappa shape index (κ3) is 6.33. The van der Waals surface area contributed by atoms with Gasteiger partial charge in [0.05, 0.1) is 18.7 Å². The lowest BCUT2D eigenvalue weighted by molar-refractivity contribution is -0.139. The summed E-state index contributed by atoms with van der Waals surface area (Å²) < 4.78 is 34.6. The number of aromatic nitrogens is 1. The molecule has 2 aliphatic heterocycles. The van der Waals surface area contributed by atoms with Crippen LogP contribution in [0.4, 0.5) is 8.78 Å². The van der Waals surface area contributed by atoms with Crippen molar-refractivity contribution >= 4 is 52.3 Å². The van der Waals surface area contributed by atoms with E-state index in [0.717, 1.165) is 0 Å². The molecule has 2 aliphatic rings. The molecule has 1 unspecified atom stereocenters. The Hall–Kier alpha value is -2.60. The number of nitrogens with zero attached hydrogens (tertiary/aromatic N) is 3. The van der Waals surface area contributed by atoms with Gasteiger partial charge >= 0.3 is 11.9 Å². The maximum Gasteiger partial charge on any atom is 0.338 e. The SMILES string of the molecule is CCOC(=O)C1=C(CN2CC(F)(F)C[C@H]2C(C)CC(=O)O)NC(c2nccs2)=N[C@H]1c1ccc(Cl)cc1Cl. The molecule has 204 valence electrons. The molecule has 1 fully saturated rings. The Bertz CT molecular complexity index is 1270. The zero-order valence-corrected chi connectivity index (χ0v) is 22.9. The Balaban J connectivity index is 1.82. The van der Waals surface area contributed by atoms with Gasteiger partial charge in [0, 0.05) is 58.3 Å². The first-order valence-corrected chi connectivity index (χ1v) is 13.6. The number of thiazole rings is 1. The minimum Gasteiger partial charge on any atom is -0.481 e. The van der Waals surface area contributed by atoms with Crippen LogP contribution in [0.25, 0.3) is 0 Å². The molecule has 2 N–H and O–H groups in total. The van der Waals surface area contributed by atoms with Gasteiger partial charge in [-0.15, -0.1) is 11.3 Å². The van der Waals surface area contributed by atoms with Crippen molar-refractivity contribution in [3.8, 4) is 0 Å². The van der Waals surface area contributed by atoms with Gasteiger partial charge in [-0.3, -0.25) is 14.7 Å². The second-order valence-electron chi connectivity index (χ2n) is 9.23. The van der Waals surface area contributed by atoms with Crippen molar-refractivity contribution in [2.24, 2.45) is 10.9 Å². The number of aliphatic carboxylic acids is 1. The highest BCUT2D eigenvalue weighted by atomic mass is 35.5. The fourth-order valence-corrected chi connectivity index (χ4v) is 5.93. The maximum absolute atomic E-state index is 14.6. The number of hydrogen-bond acceptors (Lipinski definition) is 8. The van der Waals surface area contributed by atoms with Gasteiger partial charge in [0.1, 0.15) is 6.04 Å². The highest BCUT2D eigenvalue weighted by Gasteiger charge is 2.48. The van der Waals surface area contributed by atoms with Gasteiger partial charge in [-0.1, -0.05) is 36.2 Å². The largest absolute Gasteiger partial charge is 0.481 e. The van der Waals surface area contributed by atoms with Gasteiger partial charge in [-0.05, 0) is 25.0 Å². The van der Waals surface area contributed by atoms with Gasteiger partial charge in [0.15, 0.2) is 10.8 Å². The van der Waals surface area contributed by atoms with Crippen LogP contribution in [0.3, 0.4) is 0 Å². The number of ether oxygens (including phenoxy) is 1. The molecular formula is C25H26Cl2F2N4O4S. The number of carbonyl (C=O) groups is 2. The van der Waals surface area contributed by atoms with Crippen molar-refractivity contribution in [2.75, 3.05) is 19.7 Å². The fraction of sp³-hybridized carbons (Fsp3) is 0.440. The van der Waals surface area contributed by atoms with Crippen molar-refractivity contribution in [1.29, 1.82) is 0 Å². The molecule has 8 nitrogen and oxygen atoms in total. The quantitative estimate of drug-likeness (QED) is 0.390. The Morgan fingerprint density at radius 3 is 2.76 bits per heavy atom. The molecule has 0 radical (unpaired) electrons. The summed E-state index contributed by atoms with van der Waals surface area (Å²) in [4.78, 5) is 35.2. The van der Waals surface area contributed by atoms with Crippen molar-refractivity contribution in [2.45, 2.75) is 44.7 Å². The predicted molar refractivity (Wildman–Crippen MR) is 141 cm³/mol. The van der Waals surface area contributed by atoms with Crippen LogP contribution >= 0.6 is 34.5 Å². The molecule has 3 heterocycles. The first kappa shape index (κ1) is 28.4. The molecule has 4 rings (SSSR count). The number of benzene rings is 1. The Kier molecular flexibility index (Phi) is 8.71. The number of nitrogens with one attached hydrogen (secondary N) is 1. The number of hydrogen-bond donors (Lipinski definition) is 2. The molecule has 0 bridgehead atoms. The Labute approximate surface area is 232 Å². The van der Waals surface area contributed by atoms with Gasteiger partial charge < -0.3 is 15.2 Å². The third-order valence-electron chi connectivity index (χ3n) is 6.44. The van der Waals surface area contributed by atoms with Gasteiger partial charge in [-0.2, -0.15) is 0 Å². The Morgan fingerprint density at radius 2 is 2.13 bits per heavy atom. The molecule has 1 saturated heterocycles. The number of carboxylic acids is 1. The molecule has 1 aromatic carbocycles. The summed E-state index contributed by atoms with van der Waals surface area (Å²) in [5.74, 6) is -4.95. The molecule has 0 saturated carbocycles. The van der Waals surface area contributed by atoms with Gasteiger partial charge in [0.2, 0.25) is 0 Å². The number of amidine groups is 1. The van der Waals surface area contributed by atoms with Crippen molar-refractivity contribution in [3.05, 3.63) is 61.7 Å². The van der Waals surface area contributed by atoms with Crippen molar-refractivity contribution in [1.82, 2.24) is 15.2 Å². The van der Waals surface area contributed by atoms with Crippen LogP contribution in [-0.2, 0) is 14.3 Å². The summed E-state index contributed by atoms with van der Waals surface area (Å²) in [6, 6.07) is 3.16. The minimum absolute atomic E-state index is 0.0831. The average Bonchev–Trinajstić information content (AvgIpc) is 3.46. The second-order valence-corrected chi connectivity index (χ2v) is 11.0. The summed E-state index contributed by atoms with van der Waals surface area (Å²) in [7, 11) is 0. The molecule has 0 spiro atoms. The fourth-order valence-electron chi connectivity index (χ4n) is 4.83. The van der Waals surface area contributed by atoms with E-state index in [1.165, 1.54) is 22.3 Å². The monoisotopic (exact) mass is 586 g/mol. The lowest BCUT2D eigenvalue weighted by Gasteiger charge is -2.33. The van der Waals surface area contributed by atoms with E-state index in [2.05, 4.69) is 10.3 Å². The number of alkyl halides is 2. The number of rotatable bonds is 9. The first-order valence-electron chi connectivity index (χ1n) is 11.9. The number of aliphatic imine (C=N–C) groups is 1. The highest BCUT2D eigenvalue weighted by Crippen LogP contribution is 2.40. The summed E-state index contributed by atoms with van der Waals surface area (Å²) in [5.41, 5.74) is 0.913. The van der Waals surface area contributed by atoms with E-state index in [1.807, 2.05) is 0 Å². The van der Waals surface area contributed by atoms with E-state index in [0.29, 0.717) is 27.1 Å². The normalized spacial score (nSPS) is 22.1. The van der Waals surface area contributed by atoms with Crippen molar-refractivity contribution < 1.29 is 28.2 Å². The minimum atomic E-state index is -3.01. The van der Waals surface area contributed by atoms with Gasteiger partial charge in [0.25, 0.3) is 5.92 Å². The maximum atomic E-state index is 14.6. The van der Waals surface area contributed by atoms with Crippen molar-refractivity contribution in [3.63, 3.8) is 0 Å². The lowest BCUT2D eigenvalue weighted by atomic mass is 9.93. The molecular weight excluding hydrogens is 561 g/mol. The summed E-state index contributed by atoms with van der Waals surface area (Å²) in [6.07, 6.45) is 0.857. The number of likely N-dealkylation sites (tertiary alicyclic amines) is 1. The molecule has 0 amide bonds. The molecule has 1 aromatic heterocycles. The molecule has 2 aromatic rings. The number of carbonyl (C=O) groups excluding carboxylic acids is 1. The number of halogens is 4. The number of esters is 1. The van der Waals surface area contributed by atoms with Crippen LogP contribution < -0.4 is 5.32 Å². The van der Waals surface area contributed by atoms with Crippen LogP contribution in [0.1, 0.15) is 43.3 Å². The predicted octanol–water partition coefficient (Wildman–Crippen LogP) is 5.18. The summed E-state index contributed by atoms with van der Waals surface area (Å²) in [6.45, 7) is 2.71. The highest BCUT2D eigenvalue weighted by molar-refractivity contribution is 7.11. The Morgan fingerprint density at radius 1 is 1.37 bits per heavy atom. The zero-order chi connectivity index (χ0) is 27.6. The first-order chi connectivity index (χ1) is 18.0. The molecule has 3 atom stereocenters. The standard InChI is InChI=1S/C25H26Cl2F2N4O4S/c1-3-37-24(36)20-17(11-33-12-25(28,29)10-18(33)13(2)8-19(34)35)31-22(23-30-6-7-38-23)32-21(20)15-5-4-14(26)9-16(15)27/h4-7,9,13,18,21H,3,8,10-12H2,1-2H3,(H,31,32)(H,34,35)/t13?,18-,21-/m0/s1. The van der Waals surface area contributed by atoms with E-state index in [9.17, 15) is 23.5 Å². The average molecular weight is 587 g/mol. The molecule has 0 aliphatic carbocycles. The topological polar surface area (TPSA) is 104 Å². The zero-order valence-electron chi connectivity index (χ0n) is 20.6. The van der Waals surface area contributed by atoms with Crippen LogP contribution in [0.5, 0.6) is 0 Å². The smallest absolute Gasteiger partial charge is 0.338 e. The lowest BCUT2D eigenvalue weighted by Crippen LogP contribution is -2.43. The second kappa shape index (κ2) is 11.6. The van der Waals surface area contributed by atoms with E-state index in [-0.39, 0.29) is 30.2 Å². The van der Waals surface area contributed by atoms with Gasteiger partial charge in [-0.25, -0.2) is 18.6 Å². The van der Waals surface area contributed by atoms with E-state index in [4.69, 9.17) is 32.9 Å². The van der Waals surface area contributed by atoms with Crippen LogP contribution in [0, 0.1) is 5.92 Å². The molecule has 38 heavy (non-hydrogen) atoms.